The third kappa shape index (κ3) is 4.16. The Kier molecular flexibility index (Phi) is 5.86. The number of rotatable bonds is 6. The molecule has 1 fully saturated rings. The van der Waals surface area contributed by atoms with E-state index in [4.69, 9.17) is 4.74 Å². The van der Waals surface area contributed by atoms with Gasteiger partial charge in [-0.1, -0.05) is 17.9 Å². The summed E-state index contributed by atoms with van der Waals surface area (Å²) in [6.07, 6.45) is 3.39. The highest BCUT2D eigenvalue weighted by Crippen LogP contribution is 2.40. The molecule has 166 valence electrons. The number of aromatic nitrogens is 1. The molecule has 0 spiro atoms. The number of nitro groups is 1. The zero-order valence-electron chi connectivity index (χ0n) is 17.6. The molecule has 1 unspecified atom stereocenters. The zero-order valence-corrected chi connectivity index (χ0v) is 17.6. The fourth-order valence-corrected chi connectivity index (χ4v) is 3.80. The lowest BCUT2D eigenvalue weighted by Gasteiger charge is -2.27. The van der Waals surface area contributed by atoms with Crippen LogP contribution in [0.5, 0.6) is 5.75 Å². The molecule has 1 amide bonds. The van der Waals surface area contributed by atoms with E-state index in [0.29, 0.717) is 11.3 Å². The highest BCUT2D eigenvalue weighted by molar-refractivity contribution is 6.46. The highest BCUT2D eigenvalue weighted by Gasteiger charge is 2.44. The van der Waals surface area contributed by atoms with Crippen molar-refractivity contribution >= 4 is 23.1 Å². The Bertz CT molecular complexity index is 1250. The molecule has 1 N–H and O–H groups in total. The van der Waals surface area contributed by atoms with Gasteiger partial charge in [-0.05, 0) is 41.5 Å². The lowest BCUT2D eigenvalue weighted by molar-refractivity contribution is -0.384. The van der Waals surface area contributed by atoms with Crippen LogP contribution < -0.4 is 14.8 Å². The van der Waals surface area contributed by atoms with E-state index in [1.165, 1.54) is 48.4 Å². The fraction of sp³-hybridized carbons (Fsp3) is 0.125. The van der Waals surface area contributed by atoms with Crippen molar-refractivity contribution in [3.8, 4) is 5.75 Å². The summed E-state index contributed by atoms with van der Waals surface area (Å²) in [5.41, 5.74) is 1.00. The normalized spacial score (nSPS) is 17.2. The predicted molar refractivity (Wildman–Crippen MR) is 114 cm³/mol. The van der Waals surface area contributed by atoms with Crippen molar-refractivity contribution in [3.05, 3.63) is 105 Å². The first-order valence-electron chi connectivity index (χ1n) is 10.0. The molecular formula is C24H19N3O6. The standard InChI is InChI=1S/C24H19N3O6/c1-33-19-6-2-5-17(12-19)22(28)20-21(16-7-9-18(10-8-16)27(31)32)26(24(30)23(20)29)14-15-4-3-11-25-13-15/h2-13,21,28H,14H2,1H3/b22-20+. The second-order valence-corrected chi connectivity index (χ2v) is 7.40. The molecule has 1 aliphatic rings. The summed E-state index contributed by atoms with van der Waals surface area (Å²) in [7, 11) is 1.46. The number of carbonyl (C=O) groups is 2. The van der Waals surface area contributed by atoms with Crippen LogP contribution in [-0.2, 0) is 16.1 Å². The molecule has 0 bridgehead atoms. The van der Waals surface area contributed by atoms with Gasteiger partial charge in [0.25, 0.3) is 11.6 Å². The monoisotopic (exact) mass is 445 g/mol. The van der Waals surface area contributed by atoms with E-state index in [0.717, 1.165) is 5.56 Å². The molecule has 9 nitrogen and oxygen atoms in total. The molecule has 1 atom stereocenters. The number of benzene rings is 2. The topological polar surface area (TPSA) is 127 Å². The molecule has 0 aliphatic carbocycles. The highest BCUT2D eigenvalue weighted by atomic mass is 16.6. The van der Waals surface area contributed by atoms with Gasteiger partial charge in [0.2, 0.25) is 5.78 Å². The van der Waals surface area contributed by atoms with Crippen molar-refractivity contribution in [1.82, 2.24) is 4.90 Å². The number of methoxy groups -OCH3 is 1. The van der Waals surface area contributed by atoms with Gasteiger partial charge in [0.1, 0.15) is 5.75 Å². The van der Waals surface area contributed by atoms with Crippen LogP contribution in [0, 0.1) is 10.1 Å². The lowest BCUT2D eigenvalue weighted by atomic mass is 9.95. The Balaban J connectivity index is 1.86. The summed E-state index contributed by atoms with van der Waals surface area (Å²) in [5, 5.41) is 24.5. The van der Waals surface area contributed by atoms with Crippen molar-refractivity contribution < 1.29 is 29.3 Å². The first-order valence-corrected chi connectivity index (χ1v) is 10.0. The van der Waals surface area contributed by atoms with Crippen LogP contribution in [0.3, 0.4) is 0 Å². The Labute approximate surface area is 188 Å². The average molecular weight is 445 g/mol. The Morgan fingerprint density at radius 2 is 1.88 bits per heavy atom. The largest absolute Gasteiger partial charge is 0.872 e. The van der Waals surface area contributed by atoms with Crippen LogP contribution in [0.4, 0.5) is 5.69 Å². The molecule has 0 radical (unpaired) electrons. The summed E-state index contributed by atoms with van der Waals surface area (Å²) < 4.78 is 5.17. The number of hydrogen-bond acceptors (Lipinski definition) is 6. The van der Waals surface area contributed by atoms with Gasteiger partial charge in [-0.3, -0.25) is 19.7 Å². The van der Waals surface area contributed by atoms with Crippen LogP contribution >= 0.6 is 0 Å². The summed E-state index contributed by atoms with van der Waals surface area (Å²) in [5.74, 6) is -1.88. The van der Waals surface area contributed by atoms with E-state index < -0.39 is 28.4 Å². The smallest absolute Gasteiger partial charge is 0.295 e. The van der Waals surface area contributed by atoms with Gasteiger partial charge in [0.05, 0.1) is 24.6 Å². The van der Waals surface area contributed by atoms with Crippen LogP contribution in [0.2, 0.25) is 0 Å². The van der Waals surface area contributed by atoms with Gasteiger partial charge in [-0.25, -0.2) is 4.98 Å². The summed E-state index contributed by atoms with van der Waals surface area (Å²) in [6.45, 7) is 0.0679. The Hall–Kier alpha value is -4.53. The van der Waals surface area contributed by atoms with Crippen molar-refractivity contribution in [2.45, 2.75) is 12.6 Å². The predicted octanol–water partition coefficient (Wildman–Crippen LogP) is 1.84. The van der Waals surface area contributed by atoms with E-state index in [2.05, 4.69) is 4.98 Å². The van der Waals surface area contributed by atoms with Gasteiger partial charge in [-0.2, -0.15) is 0 Å². The minimum atomic E-state index is -0.996. The maximum absolute atomic E-state index is 13.4. The number of nitrogens with one attached hydrogen (secondary N) is 1. The fourth-order valence-electron chi connectivity index (χ4n) is 3.80. The number of nitrogens with zero attached hydrogens (tertiary/aromatic N) is 2. The second kappa shape index (κ2) is 8.91. The van der Waals surface area contributed by atoms with Crippen molar-refractivity contribution in [2.75, 3.05) is 7.11 Å². The second-order valence-electron chi connectivity index (χ2n) is 7.40. The van der Waals surface area contributed by atoms with Gasteiger partial charge in [-0.15, -0.1) is 0 Å². The van der Waals surface area contributed by atoms with E-state index in [1.807, 2.05) is 0 Å². The van der Waals surface area contributed by atoms with Crippen molar-refractivity contribution in [2.24, 2.45) is 0 Å². The van der Waals surface area contributed by atoms with Crippen LogP contribution in [0.25, 0.3) is 5.76 Å². The molecule has 3 aromatic rings. The molecule has 33 heavy (non-hydrogen) atoms. The third-order valence-corrected chi connectivity index (χ3v) is 5.41. The average Bonchev–Trinajstić information content (AvgIpc) is 3.09. The van der Waals surface area contributed by atoms with Gasteiger partial charge in [0, 0.05) is 29.3 Å². The van der Waals surface area contributed by atoms with Crippen LogP contribution in [0.15, 0.2) is 78.6 Å². The number of ketones is 1. The molecule has 4 rings (SSSR count). The first kappa shape index (κ1) is 21.7. The number of amides is 1. The van der Waals surface area contributed by atoms with E-state index in [-0.39, 0.29) is 23.4 Å². The number of ether oxygens (including phenoxy) is 1. The maximum atomic E-state index is 13.4. The number of likely N-dealkylation sites (tertiary alicyclic amines) is 1. The van der Waals surface area contributed by atoms with Crippen molar-refractivity contribution in [3.63, 3.8) is 0 Å². The number of non-ortho nitro benzene ring substituents is 1. The third-order valence-electron chi connectivity index (χ3n) is 5.41. The molecule has 1 saturated heterocycles. The SMILES string of the molecule is COc1cccc(/C([O-])=C2\C(=O)C(=O)N(Cc3ccc[nH+]c3)C2c2ccc([N+](=O)[O-])cc2)c1. The maximum Gasteiger partial charge on any atom is 0.295 e. The van der Waals surface area contributed by atoms with E-state index in [9.17, 15) is 24.8 Å². The van der Waals surface area contributed by atoms with Crippen molar-refractivity contribution in [1.29, 1.82) is 0 Å². The minimum absolute atomic E-state index is 0.0679. The number of hydrogen-bond donors (Lipinski definition) is 0. The number of Topliss-reactive ketones (excluding diaryl/α,β-unsaturated/α-hetero) is 1. The van der Waals surface area contributed by atoms with Gasteiger partial charge >= 0.3 is 0 Å². The van der Waals surface area contributed by atoms with Crippen LogP contribution in [-0.4, -0.2) is 28.6 Å². The van der Waals surface area contributed by atoms with Gasteiger partial charge < -0.3 is 14.7 Å². The Morgan fingerprint density at radius 1 is 1.12 bits per heavy atom. The zero-order chi connectivity index (χ0) is 23.5. The molecule has 9 heteroatoms. The molecule has 2 heterocycles. The number of pyridine rings is 1. The minimum Gasteiger partial charge on any atom is -0.872 e. The molecule has 0 saturated carbocycles. The van der Waals surface area contributed by atoms with E-state index in [1.54, 1.807) is 36.7 Å². The van der Waals surface area contributed by atoms with Crippen LogP contribution in [0.1, 0.15) is 22.7 Å². The quantitative estimate of drug-likeness (QED) is 0.187. The Morgan fingerprint density at radius 3 is 2.52 bits per heavy atom. The summed E-state index contributed by atoms with van der Waals surface area (Å²) in [4.78, 5) is 40.8. The first-order chi connectivity index (χ1) is 15.9. The van der Waals surface area contributed by atoms with Gasteiger partial charge in [0.15, 0.2) is 12.4 Å². The number of nitro benzene ring substituents is 1. The summed E-state index contributed by atoms with van der Waals surface area (Å²) in [6, 6.07) is 14.3. The number of H-pyrrole nitrogens is 1. The summed E-state index contributed by atoms with van der Waals surface area (Å²) >= 11 is 0. The molecular weight excluding hydrogens is 426 g/mol. The molecule has 1 aliphatic heterocycles. The molecule has 1 aromatic heterocycles. The van der Waals surface area contributed by atoms with E-state index >= 15 is 0 Å². The lowest BCUT2D eigenvalue weighted by Crippen LogP contribution is -2.29. The number of carbonyl (C=O) groups excluding carboxylic acids is 2. The number of aromatic amines is 1. The molecule has 2 aromatic carbocycles.